The second kappa shape index (κ2) is 8.93. The number of carboxylic acid groups (broad SMARTS) is 1. The minimum absolute atomic E-state index is 0.155. The molecule has 0 spiro atoms. The van der Waals surface area contributed by atoms with Crippen LogP contribution in [0.1, 0.15) is 5.56 Å². The average molecular weight is 412 g/mol. The van der Waals surface area contributed by atoms with Crippen LogP contribution in [0.2, 0.25) is 0 Å². The Morgan fingerprint density at radius 2 is 2.00 bits per heavy atom. The normalized spacial score (nSPS) is 11.1. The number of methoxy groups -OCH3 is 1. The molecule has 148 valence electrons. The van der Waals surface area contributed by atoms with Crippen molar-refractivity contribution < 1.29 is 19.6 Å². The van der Waals surface area contributed by atoms with Gasteiger partial charge in [-0.15, -0.1) is 11.3 Å². The van der Waals surface area contributed by atoms with Crippen molar-refractivity contribution in [2.45, 2.75) is 6.42 Å². The van der Waals surface area contributed by atoms with Gasteiger partial charge in [0.05, 0.1) is 17.7 Å². The molecule has 0 saturated carbocycles. The molecule has 0 saturated heterocycles. The number of ether oxygens (including phenoxy) is 1. The molecule has 0 amide bonds. The molecule has 0 atom stereocenters. The van der Waals surface area contributed by atoms with Crippen LogP contribution >= 0.6 is 11.3 Å². The summed E-state index contributed by atoms with van der Waals surface area (Å²) in [7, 11) is 1.59. The number of anilines is 1. The van der Waals surface area contributed by atoms with Gasteiger partial charge in [0, 0.05) is 29.0 Å². The van der Waals surface area contributed by atoms with Gasteiger partial charge in [0.25, 0.3) is 5.69 Å². The van der Waals surface area contributed by atoms with Gasteiger partial charge < -0.3 is 9.84 Å². The Labute approximate surface area is 169 Å². The molecule has 1 aromatic heterocycles. The Morgan fingerprint density at radius 1 is 1.28 bits per heavy atom. The second-order valence-electron chi connectivity index (χ2n) is 5.80. The van der Waals surface area contributed by atoms with E-state index in [4.69, 9.17) is 4.74 Å². The Balaban J connectivity index is 1.77. The number of nitro benzene ring substituents is 1. The number of nitrogens with zero attached hydrogens (tertiary/aromatic N) is 3. The summed E-state index contributed by atoms with van der Waals surface area (Å²) in [4.78, 5) is 26.5. The predicted octanol–water partition coefficient (Wildman–Crippen LogP) is 3.82. The number of carboxylic acids is 1. The maximum atomic E-state index is 11.5. The van der Waals surface area contributed by atoms with Crippen molar-refractivity contribution in [3.63, 3.8) is 0 Å². The van der Waals surface area contributed by atoms with Crippen molar-refractivity contribution in [3.05, 3.63) is 69.6 Å². The van der Waals surface area contributed by atoms with E-state index in [0.717, 1.165) is 11.3 Å². The molecule has 2 aromatic carbocycles. The summed E-state index contributed by atoms with van der Waals surface area (Å²) in [5.41, 5.74) is 4.04. The summed E-state index contributed by atoms with van der Waals surface area (Å²) >= 11 is 1.26. The lowest BCUT2D eigenvalue weighted by molar-refractivity contribution is -0.385. The number of aromatic nitrogens is 1. The molecule has 0 radical (unpaired) electrons. The van der Waals surface area contributed by atoms with Crippen LogP contribution in [0.15, 0.2) is 59.0 Å². The van der Waals surface area contributed by atoms with E-state index in [2.05, 4.69) is 15.5 Å². The molecule has 0 aliphatic heterocycles. The number of nitro groups is 1. The van der Waals surface area contributed by atoms with Crippen LogP contribution in [0, 0.1) is 10.1 Å². The van der Waals surface area contributed by atoms with Gasteiger partial charge in [0.2, 0.25) is 5.13 Å². The molecule has 3 rings (SSSR count). The van der Waals surface area contributed by atoms with Gasteiger partial charge in [-0.2, -0.15) is 5.10 Å². The van der Waals surface area contributed by atoms with Crippen LogP contribution in [0.4, 0.5) is 10.8 Å². The fourth-order valence-corrected chi connectivity index (χ4v) is 3.18. The van der Waals surface area contributed by atoms with Gasteiger partial charge in [-0.1, -0.05) is 18.2 Å². The molecule has 29 heavy (non-hydrogen) atoms. The summed E-state index contributed by atoms with van der Waals surface area (Å²) in [5, 5.41) is 26.6. The number of hydrogen-bond donors (Lipinski definition) is 2. The van der Waals surface area contributed by atoms with E-state index in [1.807, 2.05) is 29.6 Å². The van der Waals surface area contributed by atoms with Crippen molar-refractivity contribution in [2.75, 3.05) is 12.5 Å². The minimum Gasteiger partial charge on any atom is -0.497 e. The number of carbonyl (C=O) groups is 1. The molecule has 0 fully saturated rings. The lowest BCUT2D eigenvalue weighted by atomic mass is 10.1. The molecule has 0 aliphatic rings. The largest absolute Gasteiger partial charge is 0.497 e. The maximum absolute atomic E-state index is 11.5. The highest BCUT2D eigenvalue weighted by Crippen LogP contribution is 2.26. The van der Waals surface area contributed by atoms with Crippen LogP contribution in [-0.4, -0.2) is 33.8 Å². The molecule has 10 heteroatoms. The smallest absolute Gasteiger partial charge is 0.352 e. The number of rotatable bonds is 8. The molecule has 3 aromatic rings. The molecule has 1 heterocycles. The Hall–Kier alpha value is -3.79. The number of aliphatic carboxylic acids is 1. The molecule has 0 aliphatic carbocycles. The number of nitrogens with one attached hydrogen (secondary N) is 1. The molecular formula is C19H16N4O5S. The zero-order chi connectivity index (χ0) is 20.8. The number of para-hydroxylation sites is 1. The van der Waals surface area contributed by atoms with E-state index >= 15 is 0 Å². The highest BCUT2D eigenvalue weighted by Gasteiger charge is 2.18. The first kappa shape index (κ1) is 20.0. The molecule has 9 nitrogen and oxygen atoms in total. The van der Waals surface area contributed by atoms with Gasteiger partial charge in [-0.25, -0.2) is 9.78 Å². The monoisotopic (exact) mass is 412 g/mol. The zero-order valence-electron chi connectivity index (χ0n) is 15.2. The Morgan fingerprint density at radius 3 is 2.66 bits per heavy atom. The first-order valence-electron chi connectivity index (χ1n) is 8.36. The van der Waals surface area contributed by atoms with E-state index in [9.17, 15) is 20.0 Å². The third-order valence-corrected chi connectivity index (χ3v) is 4.72. The first-order chi connectivity index (χ1) is 14.0. The summed E-state index contributed by atoms with van der Waals surface area (Å²) in [6.45, 7) is 0. The Kier molecular flexibility index (Phi) is 6.15. The molecule has 0 bridgehead atoms. The second-order valence-corrected chi connectivity index (χ2v) is 6.66. The number of thiazole rings is 1. The SMILES string of the molecule is COc1ccc(-c2csc(NN=C(Cc3ccccc3[N+](=O)[O-])C(=O)O)n2)cc1. The van der Waals surface area contributed by atoms with E-state index in [0.29, 0.717) is 10.8 Å². The van der Waals surface area contributed by atoms with Gasteiger partial charge in [0.15, 0.2) is 0 Å². The van der Waals surface area contributed by atoms with Crippen molar-refractivity contribution >= 4 is 33.8 Å². The van der Waals surface area contributed by atoms with Crippen molar-refractivity contribution in [2.24, 2.45) is 5.10 Å². The van der Waals surface area contributed by atoms with Gasteiger partial charge >= 0.3 is 5.97 Å². The molecule has 0 unspecified atom stereocenters. The quantitative estimate of drug-likeness (QED) is 0.327. The highest BCUT2D eigenvalue weighted by molar-refractivity contribution is 7.14. The lowest BCUT2D eigenvalue weighted by Crippen LogP contribution is -2.18. The van der Waals surface area contributed by atoms with Crippen LogP contribution in [0.3, 0.4) is 0 Å². The number of hydrogen-bond acceptors (Lipinski definition) is 8. The minimum atomic E-state index is -1.28. The lowest BCUT2D eigenvalue weighted by Gasteiger charge is -2.04. The van der Waals surface area contributed by atoms with Gasteiger partial charge in [-0.3, -0.25) is 15.5 Å². The van der Waals surface area contributed by atoms with Crippen LogP contribution in [-0.2, 0) is 11.2 Å². The average Bonchev–Trinajstić information content (AvgIpc) is 3.20. The van der Waals surface area contributed by atoms with E-state index in [-0.39, 0.29) is 23.4 Å². The molecular weight excluding hydrogens is 396 g/mol. The standard InChI is InChI=1S/C19H16N4O5S/c1-28-14-8-6-12(7-9-14)16-11-29-19(20-16)22-21-15(18(24)25)10-13-4-2-3-5-17(13)23(26)27/h2-9,11H,10H2,1H3,(H,20,22)(H,24,25). The topological polar surface area (TPSA) is 127 Å². The van der Waals surface area contributed by atoms with Crippen molar-refractivity contribution in [1.82, 2.24) is 4.98 Å². The maximum Gasteiger partial charge on any atom is 0.352 e. The first-order valence-corrected chi connectivity index (χ1v) is 9.24. The molecule has 2 N–H and O–H groups in total. The summed E-state index contributed by atoms with van der Waals surface area (Å²) in [5.74, 6) is -0.546. The van der Waals surface area contributed by atoms with Crippen molar-refractivity contribution in [1.29, 1.82) is 0 Å². The third kappa shape index (κ3) is 4.93. The van der Waals surface area contributed by atoms with Crippen LogP contribution < -0.4 is 10.2 Å². The van der Waals surface area contributed by atoms with Crippen LogP contribution in [0.25, 0.3) is 11.3 Å². The summed E-state index contributed by atoms with van der Waals surface area (Å²) in [6, 6.07) is 13.3. The Bertz CT molecular complexity index is 1060. The number of benzene rings is 2. The van der Waals surface area contributed by atoms with E-state index in [1.54, 1.807) is 13.2 Å². The number of hydrazone groups is 1. The fourth-order valence-electron chi connectivity index (χ4n) is 2.52. The third-order valence-electron chi connectivity index (χ3n) is 3.97. The van der Waals surface area contributed by atoms with E-state index < -0.39 is 10.9 Å². The summed E-state index contributed by atoms with van der Waals surface area (Å²) in [6.07, 6.45) is -0.198. The fraction of sp³-hybridized carbons (Fsp3) is 0.105. The predicted molar refractivity (Wildman–Crippen MR) is 110 cm³/mol. The zero-order valence-corrected chi connectivity index (χ0v) is 16.0. The van der Waals surface area contributed by atoms with Crippen LogP contribution in [0.5, 0.6) is 5.75 Å². The summed E-state index contributed by atoms with van der Waals surface area (Å²) < 4.78 is 5.12. The van der Waals surface area contributed by atoms with Crippen molar-refractivity contribution in [3.8, 4) is 17.0 Å². The van der Waals surface area contributed by atoms with Gasteiger partial charge in [0.1, 0.15) is 11.5 Å². The highest BCUT2D eigenvalue weighted by atomic mass is 32.1. The van der Waals surface area contributed by atoms with Gasteiger partial charge in [-0.05, 0) is 24.3 Å². The van der Waals surface area contributed by atoms with E-state index in [1.165, 1.54) is 29.5 Å².